The largest absolute Gasteiger partial charge is 0.545 e. The summed E-state index contributed by atoms with van der Waals surface area (Å²) >= 11 is 3.10. The molecule has 0 bridgehead atoms. The average Bonchev–Trinajstić information content (AvgIpc) is 3.22. The molecule has 1 aliphatic rings. The summed E-state index contributed by atoms with van der Waals surface area (Å²) in [6, 6.07) is 4.53. The number of amides is 1. The summed E-state index contributed by atoms with van der Waals surface area (Å²) in [6.45, 7) is 1.81. The van der Waals surface area contributed by atoms with Gasteiger partial charge in [0.15, 0.2) is 0 Å². The van der Waals surface area contributed by atoms with E-state index < -0.39 is 5.97 Å². The normalized spacial score (nSPS) is 12.9. The van der Waals surface area contributed by atoms with Gasteiger partial charge in [-0.2, -0.15) is 0 Å². The third-order valence-corrected chi connectivity index (χ3v) is 6.74. The number of rotatable bonds is 5. The van der Waals surface area contributed by atoms with Crippen LogP contribution in [0.5, 0.6) is 0 Å². The second-order valence-corrected chi connectivity index (χ2v) is 8.42. The molecular weight excluding hydrogens is 382 g/mol. The summed E-state index contributed by atoms with van der Waals surface area (Å²) in [5.74, 6) is -1.29. The fourth-order valence-electron chi connectivity index (χ4n) is 3.21. The van der Waals surface area contributed by atoms with Crippen molar-refractivity contribution in [2.24, 2.45) is 0 Å². The van der Waals surface area contributed by atoms with Crippen molar-refractivity contribution in [1.29, 1.82) is 0 Å². The standard InChI is InChI=1S/C19H17N3O3S2/c1-10-5-6-11(19(24)25)7-13(10)22-15(23)8-26-17-16-12-3-2-4-14(12)27-18(16)21-9-20-17/h5-7,9H,2-4,8H2,1H3,(H,22,23)(H,24,25)/p-1. The van der Waals surface area contributed by atoms with E-state index in [1.165, 1.54) is 34.3 Å². The van der Waals surface area contributed by atoms with Crippen LogP contribution < -0.4 is 10.4 Å². The van der Waals surface area contributed by atoms with E-state index in [1.54, 1.807) is 23.7 Å². The number of anilines is 1. The molecule has 0 saturated carbocycles. The fourth-order valence-corrected chi connectivity index (χ4v) is 5.33. The number of carbonyl (C=O) groups is 2. The first-order valence-electron chi connectivity index (χ1n) is 8.53. The van der Waals surface area contributed by atoms with Gasteiger partial charge in [-0.1, -0.05) is 23.9 Å². The Bertz CT molecular complexity index is 1060. The van der Waals surface area contributed by atoms with Gasteiger partial charge in [-0.3, -0.25) is 4.79 Å². The van der Waals surface area contributed by atoms with E-state index in [4.69, 9.17) is 0 Å². The number of thioether (sulfide) groups is 1. The predicted molar refractivity (Wildman–Crippen MR) is 104 cm³/mol. The molecule has 27 heavy (non-hydrogen) atoms. The molecule has 1 aromatic carbocycles. The Morgan fingerprint density at radius 1 is 1.30 bits per heavy atom. The van der Waals surface area contributed by atoms with E-state index in [0.29, 0.717) is 5.69 Å². The smallest absolute Gasteiger partial charge is 0.234 e. The number of nitrogens with one attached hydrogen (secondary N) is 1. The van der Waals surface area contributed by atoms with E-state index in [2.05, 4.69) is 15.3 Å². The van der Waals surface area contributed by atoms with Gasteiger partial charge in [0, 0.05) is 16.0 Å². The number of hydrogen-bond donors (Lipinski definition) is 1. The SMILES string of the molecule is Cc1ccc(C(=O)[O-])cc1NC(=O)CSc1ncnc2sc3c(c12)CCC3. The number of aromatic nitrogens is 2. The molecule has 4 rings (SSSR count). The maximum Gasteiger partial charge on any atom is 0.234 e. The maximum absolute atomic E-state index is 12.4. The molecule has 0 aliphatic heterocycles. The summed E-state index contributed by atoms with van der Waals surface area (Å²) in [7, 11) is 0. The Kier molecular flexibility index (Phi) is 4.84. The van der Waals surface area contributed by atoms with Crippen molar-refractivity contribution in [3.63, 3.8) is 0 Å². The van der Waals surface area contributed by atoms with Gasteiger partial charge >= 0.3 is 0 Å². The number of carboxylic acids is 1. The van der Waals surface area contributed by atoms with E-state index in [0.717, 1.165) is 40.1 Å². The van der Waals surface area contributed by atoms with Crippen molar-refractivity contribution in [1.82, 2.24) is 9.97 Å². The van der Waals surface area contributed by atoms with Crippen LogP contribution in [-0.4, -0.2) is 27.6 Å². The fraction of sp³-hybridized carbons (Fsp3) is 0.263. The number of benzene rings is 1. The zero-order chi connectivity index (χ0) is 19.0. The van der Waals surface area contributed by atoms with Gasteiger partial charge in [0.25, 0.3) is 0 Å². The first-order chi connectivity index (χ1) is 13.0. The summed E-state index contributed by atoms with van der Waals surface area (Å²) in [5, 5.41) is 15.7. The van der Waals surface area contributed by atoms with Gasteiger partial charge in [-0.05, 0) is 48.9 Å². The Labute approximate surface area is 164 Å². The predicted octanol–water partition coefficient (Wildman–Crippen LogP) is 2.58. The molecule has 0 unspecified atom stereocenters. The van der Waals surface area contributed by atoms with Crippen LogP contribution in [-0.2, 0) is 17.6 Å². The lowest BCUT2D eigenvalue weighted by molar-refractivity contribution is -0.255. The van der Waals surface area contributed by atoms with Crippen LogP contribution in [0, 0.1) is 6.92 Å². The second-order valence-electron chi connectivity index (χ2n) is 6.37. The number of nitrogens with zero attached hydrogens (tertiary/aromatic N) is 2. The highest BCUT2D eigenvalue weighted by molar-refractivity contribution is 8.00. The minimum Gasteiger partial charge on any atom is -0.545 e. The highest BCUT2D eigenvalue weighted by atomic mass is 32.2. The topological polar surface area (TPSA) is 95.0 Å². The number of fused-ring (bicyclic) bond motifs is 3. The number of carboxylic acid groups (broad SMARTS) is 1. The highest BCUT2D eigenvalue weighted by Crippen LogP contribution is 2.40. The molecular formula is C19H16N3O3S2-. The summed E-state index contributed by atoms with van der Waals surface area (Å²) < 4.78 is 0. The van der Waals surface area contributed by atoms with Crippen LogP contribution in [0.3, 0.4) is 0 Å². The molecule has 1 N–H and O–H groups in total. The lowest BCUT2D eigenvalue weighted by atomic mass is 10.1. The molecule has 0 saturated heterocycles. The number of carbonyl (C=O) groups excluding carboxylic acids is 2. The molecule has 0 spiro atoms. The minimum atomic E-state index is -1.27. The van der Waals surface area contributed by atoms with Crippen molar-refractivity contribution >= 4 is 50.9 Å². The Morgan fingerprint density at radius 2 is 2.15 bits per heavy atom. The third-order valence-electron chi connectivity index (χ3n) is 4.55. The number of hydrogen-bond acceptors (Lipinski definition) is 7. The summed E-state index contributed by atoms with van der Waals surface area (Å²) in [5.41, 5.74) is 2.64. The van der Waals surface area contributed by atoms with Crippen LogP contribution in [0.25, 0.3) is 10.2 Å². The molecule has 1 amide bonds. The Hall–Kier alpha value is -2.45. The van der Waals surface area contributed by atoms with E-state index >= 15 is 0 Å². The van der Waals surface area contributed by atoms with Crippen LogP contribution >= 0.6 is 23.1 Å². The van der Waals surface area contributed by atoms with Crippen molar-refractivity contribution in [2.45, 2.75) is 31.2 Å². The first-order valence-corrected chi connectivity index (χ1v) is 10.3. The Balaban J connectivity index is 1.50. The monoisotopic (exact) mass is 398 g/mol. The van der Waals surface area contributed by atoms with Gasteiger partial charge < -0.3 is 15.2 Å². The summed E-state index contributed by atoms with van der Waals surface area (Å²) in [4.78, 5) is 34.5. The van der Waals surface area contributed by atoms with Gasteiger partial charge in [-0.25, -0.2) is 9.97 Å². The minimum absolute atomic E-state index is 0.0369. The van der Waals surface area contributed by atoms with Crippen LogP contribution in [0.2, 0.25) is 0 Å². The molecule has 8 heteroatoms. The van der Waals surface area contributed by atoms with Crippen molar-refractivity contribution in [3.05, 3.63) is 46.1 Å². The molecule has 138 valence electrons. The molecule has 3 aromatic rings. The van der Waals surface area contributed by atoms with E-state index in [-0.39, 0.29) is 17.2 Å². The molecule has 2 aromatic heterocycles. The van der Waals surface area contributed by atoms with E-state index in [9.17, 15) is 14.7 Å². The first kappa shape index (κ1) is 17.9. The number of thiophene rings is 1. The average molecular weight is 398 g/mol. The van der Waals surface area contributed by atoms with Crippen LogP contribution in [0.1, 0.15) is 32.8 Å². The van der Waals surface area contributed by atoms with Crippen LogP contribution in [0.15, 0.2) is 29.6 Å². The molecule has 6 nitrogen and oxygen atoms in total. The van der Waals surface area contributed by atoms with Crippen molar-refractivity contribution in [2.75, 3.05) is 11.1 Å². The van der Waals surface area contributed by atoms with Gasteiger partial charge in [0.05, 0.1) is 11.7 Å². The molecule has 0 atom stereocenters. The molecule has 2 heterocycles. The van der Waals surface area contributed by atoms with Crippen molar-refractivity contribution < 1.29 is 14.7 Å². The third kappa shape index (κ3) is 3.54. The lowest BCUT2D eigenvalue weighted by Crippen LogP contribution is -2.23. The van der Waals surface area contributed by atoms with Crippen LogP contribution in [0.4, 0.5) is 5.69 Å². The maximum atomic E-state index is 12.4. The number of aryl methyl sites for hydroxylation is 3. The molecule has 0 radical (unpaired) electrons. The Morgan fingerprint density at radius 3 is 2.96 bits per heavy atom. The van der Waals surface area contributed by atoms with E-state index in [1.807, 2.05) is 6.92 Å². The number of aromatic carboxylic acids is 1. The van der Waals surface area contributed by atoms with Gasteiger partial charge in [0.1, 0.15) is 16.2 Å². The van der Waals surface area contributed by atoms with Crippen molar-refractivity contribution in [3.8, 4) is 0 Å². The van der Waals surface area contributed by atoms with Gasteiger partial charge in [0.2, 0.25) is 5.91 Å². The van der Waals surface area contributed by atoms with Gasteiger partial charge in [-0.15, -0.1) is 11.3 Å². The zero-order valence-electron chi connectivity index (χ0n) is 14.6. The highest BCUT2D eigenvalue weighted by Gasteiger charge is 2.21. The zero-order valence-corrected chi connectivity index (χ0v) is 16.2. The second kappa shape index (κ2) is 7.28. The lowest BCUT2D eigenvalue weighted by Gasteiger charge is -2.11. The molecule has 1 aliphatic carbocycles. The quantitative estimate of drug-likeness (QED) is 0.524. The summed E-state index contributed by atoms with van der Waals surface area (Å²) in [6.07, 6.45) is 4.83. The molecule has 0 fully saturated rings.